The summed E-state index contributed by atoms with van der Waals surface area (Å²) in [7, 11) is 0. The molecule has 0 aliphatic rings. The molecule has 0 bridgehead atoms. The van der Waals surface area contributed by atoms with Crippen LogP contribution in [0.4, 0.5) is 8.78 Å². The molecule has 0 spiro atoms. The summed E-state index contributed by atoms with van der Waals surface area (Å²) >= 11 is 0. The summed E-state index contributed by atoms with van der Waals surface area (Å²) in [5, 5.41) is 4.73. The first kappa shape index (κ1) is 15.9. The number of rotatable bonds is 5. The van der Waals surface area contributed by atoms with Gasteiger partial charge in [0.15, 0.2) is 0 Å². The highest BCUT2D eigenvalue weighted by Gasteiger charge is 2.09. The lowest BCUT2D eigenvalue weighted by molar-refractivity contribution is -0.0498. The van der Waals surface area contributed by atoms with Gasteiger partial charge in [0.05, 0.1) is 0 Å². The van der Waals surface area contributed by atoms with E-state index in [2.05, 4.69) is 10.1 Å². The minimum absolute atomic E-state index is 0.0918. The van der Waals surface area contributed by atoms with Gasteiger partial charge in [-0.3, -0.25) is 4.79 Å². The molecule has 3 nitrogen and oxygen atoms in total. The highest BCUT2D eigenvalue weighted by atomic mass is 19.3. The molecule has 0 radical (unpaired) electrons. The number of nitrogens with one attached hydrogen (secondary N) is 1. The van der Waals surface area contributed by atoms with Crippen LogP contribution in [0.25, 0.3) is 10.8 Å². The Hall–Kier alpha value is -2.95. The van der Waals surface area contributed by atoms with Crippen molar-refractivity contribution in [3.63, 3.8) is 0 Å². The number of carbonyl (C=O) groups excluding carboxylic acids is 1. The summed E-state index contributed by atoms with van der Waals surface area (Å²) < 4.78 is 28.5. The second kappa shape index (κ2) is 7.08. The SMILES string of the molecule is O=C(NCc1ccc(OC(F)F)cc1)c1cccc2ccccc12. The molecule has 1 N–H and O–H groups in total. The van der Waals surface area contributed by atoms with E-state index in [1.54, 1.807) is 18.2 Å². The molecule has 122 valence electrons. The minimum Gasteiger partial charge on any atom is -0.435 e. The van der Waals surface area contributed by atoms with Crippen LogP contribution in [0.2, 0.25) is 0 Å². The first-order chi connectivity index (χ1) is 11.6. The van der Waals surface area contributed by atoms with E-state index in [4.69, 9.17) is 0 Å². The summed E-state index contributed by atoms with van der Waals surface area (Å²) in [4.78, 5) is 12.4. The average Bonchev–Trinajstić information content (AvgIpc) is 2.60. The molecule has 0 saturated carbocycles. The summed E-state index contributed by atoms with van der Waals surface area (Å²) in [6, 6.07) is 19.4. The van der Waals surface area contributed by atoms with Crippen molar-refractivity contribution >= 4 is 16.7 Å². The first-order valence-corrected chi connectivity index (χ1v) is 7.43. The number of amides is 1. The number of carbonyl (C=O) groups is 1. The molecule has 0 saturated heterocycles. The third-order valence-electron chi connectivity index (χ3n) is 3.64. The highest BCUT2D eigenvalue weighted by Crippen LogP contribution is 2.19. The Morgan fingerprint density at radius 1 is 0.958 bits per heavy atom. The molecule has 0 aliphatic heterocycles. The monoisotopic (exact) mass is 327 g/mol. The van der Waals surface area contributed by atoms with E-state index in [1.807, 2.05) is 36.4 Å². The van der Waals surface area contributed by atoms with E-state index in [9.17, 15) is 13.6 Å². The Morgan fingerprint density at radius 2 is 1.67 bits per heavy atom. The molecule has 24 heavy (non-hydrogen) atoms. The lowest BCUT2D eigenvalue weighted by Crippen LogP contribution is -2.23. The van der Waals surface area contributed by atoms with E-state index in [0.717, 1.165) is 16.3 Å². The number of alkyl halides is 2. The van der Waals surface area contributed by atoms with Gasteiger partial charge in [0.2, 0.25) is 0 Å². The van der Waals surface area contributed by atoms with Gasteiger partial charge >= 0.3 is 6.61 Å². The lowest BCUT2D eigenvalue weighted by Gasteiger charge is -2.09. The quantitative estimate of drug-likeness (QED) is 0.755. The van der Waals surface area contributed by atoms with Gasteiger partial charge in [0.1, 0.15) is 5.75 Å². The fourth-order valence-electron chi connectivity index (χ4n) is 2.49. The van der Waals surface area contributed by atoms with Gasteiger partial charge in [0.25, 0.3) is 5.91 Å². The van der Waals surface area contributed by atoms with E-state index >= 15 is 0 Å². The molecule has 3 aromatic carbocycles. The molecule has 0 aliphatic carbocycles. The Kier molecular flexibility index (Phi) is 4.70. The number of hydrogen-bond donors (Lipinski definition) is 1. The summed E-state index contributed by atoms with van der Waals surface area (Å²) in [6.45, 7) is -2.54. The standard InChI is InChI=1S/C19H15F2NO2/c20-19(21)24-15-10-8-13(9-11-15)12-22-18(23)17-7-3-5-14-4-1-2-6-16(14)17/h1-11,19H,12H2,(H,22,23). The van der Waals surface area contributed by atoms with Crippen molar-refractivity contribution in [1.82, 2.24) is 5.32 Å². The number of halogens is 2. The van der Waals surface area contributed by atoms with Gasteiger partial charge in [-0.05, 0) is 34.5 Å². The van der Waals surface area contributed by atoms with Crippen LogP contribution in [-0.2, 0) is 6.54 Å². The molecule has 3 aromatic rings. The largest absolute Gasteiger partial charge is 0.435 e. The molecule has 5 heteroatoms. The normalized spacial score (nSPS) is 10.8. The Morgan fingerprint density at radius 3 is 2.42 bits per heavy atom. The second-order valence-corrected chi connectivity index (χ2v) is 5.23. The highest BCUT2D eigenvalue weighted by molar-refractivity contribution is 6.06. The van der Waals surface area contributed by atoms with Crippen molar-refractivity contribution < 1.29 is 18.3 Å². The van der Waals surface area contributed by atoms with Gasteiger partial charge in [-0.1, -0.05) is 48.5 Å². The van der Waals surface area contributed by atoms with E-state index in [-0.39, 0.29) is 11.7 Å². The van der Waals surface area contributed by atoms with Crippen molar-refractivity contribution in [1.29, 1.82) is 0 Å². The van der Waals surface area contributed by atoms with Crippen LogP contribution in [0.3, 0.4) is 0 Å². The van der Waals surface area contributed by atoms with Gasteiger partial charge in [-0.15, -0.1) is 0 Å². The molecule has 0 atom stereocenters. The van der Waals surface area contributed by atoms with Crippen LogP contribution in [0.15, 0.2) is 66.7 Å². The number of ether oxygens (including phenoxy) is 1. The Labute approximate surface area is 137 Å². The van der Waals surface area contributed by atoms with Crippen LogP contribution < -0.4 is 10.1 Å². The predicted octanol–water partition coefficient (Wildman–Crippen LogP) is 4.37. The number of fused-ring (bicyclic) bond motifs is 1. The fourth-order valence-corrected chi connectivity index (χ4v) is 2.49. The molecular formula is C19H15F2NO2. The van der Waals surface area contributed by atoms with Crippen LogP contribution in [-0.4, -0.2) is 12.5 Å². The van der Waals surface area contributed by atoms with Crippen molar-refractivity contribution in [2.24, 2.45) is 0 Å². The van der Waals surface area contributed by atoms with E-state index < -0.39 is 6.61 Å². The minimum atomic E-state index is -2.85. The van der Waals surface area contributed by atoms with Gasteiger partial charge < -0.3 is 10.1 Å². The van der Waals surface area contributed by atoms with Crippen LogP contribution in [0, 0.1) is 0 Å². The van der Waals surface area contributed by atoms with Crippen LogP contribution >= 0.6 is 0 Å². The molecular weight excluding hydrogens is 312 g/mol. The van der Waals surface area contributed by atoms with Crippen molar-refractivity contribution in [3.8, 4) is 5.75 Å². The predicted molar refractivity (Wildman–Crippen MR) is 88.2 cm³/mol. The Balaban J connectivity index is 1.69. The molecule has 0 unspecified atom stereocenters. The van der Waals surface area contributed by atoms with Gasteiger partial charge in [0, 0.05) is 12.1 Å². The number of hydrogen-bond acceptors (Lipinski definition) is 2. The van der Waals surface area contributed by atoms with Crippen LogP contribution in [0.5, 0.6) is 5.75 Å². The first-order valence-electron chi connectivity index (χ1n) is 7.43. The van der Waals surface area contributed by atoms with Crippen molar-refractivity contribution in [2.75, 3.05) is 0 Å². The molecule has 0 fully saturated rings. The van der Waals surface area contributed by atoms with Gasteiger partial charge in [-0.2, -0.15) is 8.78 Å². The number of benzene rings is 3. The summed E-state index contributed by atoms with van der Waals surface area (Å²) in [5.74, 6) is -0.0890. The third-order valence-corrected chi connectivity index (χ3v) is 3.64. The summed E-state index contributed by atoms with van der Waals surface area (Å²) in [6.07, 6.45) is 0. The fraction of sp³-hybridized carbons (Fsp3) is 0.105. The Bertz CT molecular complexity index is 842. The third kappa shape index (κ3) is 3.68. The summed E-state index contributed by atoms with van der Waals surface area (Å²) in [5.41, 5.74) is 1.40. The molecule has 0 aromatic heterocycles. The average molecular weight is 327 g/mol. The van der Waals surface area contributed by atoms with Crippen LogP contribution in [0.1, 0.15) is 15.9 Å². The maximum absolute atomic E-state index is 12.4. The topological polar surface area (TPSA) is 38.3 Å². The van der Waals surface area contributed by atoms with Gasteiger partial charge in [-0.25, -0.2) is 0 Å². The molecule has 1 amide bonds. The molecule has 0 heterocycles. The van der Waals surface area contributed by atoms with Crippen molar-refractivity contribution in [3.05, 3.63) is 77.9 Å². The van der Waals surface area contributed by atoms with E-state index in [0.29, 0.717) is 12.1 Å². The molecule has 3 rings (SSSR count). The second-order valence-electron chi connectivity index (χ2n) is 5.23. The lowest BCUT2D eigenvalue weighted by atomic mass is 10.0. The zero-order valence-electron chi connectivity index (χ0n) is 12.7. The maximum Gasteiger partial charge on any atom is 0.387 e. The van der Waals surface area contributed by atoms with E-state index in [1.165, 1.54) is 12.1 Å². The zero-order valence-corrected chi connectivity index (χ0v) is 12.7. The smallest absolute Gasteiger partial charge is 0.387 e. The van der Waals surface area contributed by atoms with Crippen molar-refractivity contribution in [2.45, 2.75) is 13.2 Å². The maximum atomic E-state index is 12.4. The zero-order chi connectivity index (χ0) is 16.9.